The monoisotopic (exact) mass is 441 g/mol. The Morgan fingerprint density at radius 3 is 2.42 bits per heavy atom. The average molecular weight is 442 g/mol. The number of hydrogen-bond acceptors (Lipinski definition) is 3. The molecule has 3 aromatic carbocycles. The maximum atomic E-state index is 13.1. The zero-order valence-electron chi connectivity index (χ0n) is 18.5. The summed E-state index contributed by atoms with van der Waals surface area (Å²) in [6.07, 6.45) is 2.46. The summed E-state index contributed by atoms with van der Waals surface area (Å²) in [4.78, 5) is 29.0. The highest BCUT2D eigenvalue weighted by Crippen LogP contribution is 2.16. The number of benzene rings is 3. The molecule has 6 heteroatoms. The van der Waals surface area contributed by atoms with E-state index in [1.165, 1.54) is 0 Å². The number of H-pyrrole nitrogens is 1. The molecule has 33 heavy (non-hydrogen) atoms. The molecule has 6 nitrogen and oxygen atoms in total. The Morgan fingerprint density at radius 1 is 0.909 bits per heavy atom. The van der Waals surface area contributed by atoms with Crippen LogP contribution < -0.4 is 15.4 Å². The van der Waals surface area contributed by atoms with Crippen molar-refractivity contribution in [1.82, 2.24) is 15.6 Å². The van der Waals surface area contributed by atoms with E-state index in [2.05, 4.69) is 15.6 Å². The van der Waals surface area contributed by atoms with E-state index in [4.69, 9.17) is 4.74 Å². The van der Waals surface area contributed by atoms with Gasteiger partial charge in [-0.1, -0.05) is 54.6 Å². The predicted molar refractivity (Wildman–Crippen MR) is 129 cm³/mol. The summed E-state index contributed by atoms with van der Waals surface area (Å²) in [6.45, 7) is 0.403. The van der Waals surface area contributed by atoms with Gasteiger partial charge in [0, 0.05) is 24.7 Å². The number of aromatic nitrogens is 1. The summed E-state index contributed by atoms with van der Waals surface area (Å²) in [5.74, 6) is 0.312. The second-order valence-corrected chi connectivity index (χ2v) is 7.95. The summed E-state index contributed by atoms with van der Waals surface area (Å²) in [5, 5.41) is 6.99. The van der Waals surface area contributed by atoms with E-state index in [-0.39, 0.29) is 18.2 Å². The first-order chi connectivity index (χ1) is 16.1. The van der Waals surface area contributed by atoms with Gasteiger partial charge in [0.1, 0.15) is 11.8 Å². The minimum Gasteiger partial charge on any atom is -0.497 e. The number of carbonyl (C=O) groups is 2. The number of amides is 2. The van der Waals surface area contributed by atoms with Crippen LogP contribution in [0.3, 0.4) is 0 Å². The van der Waals surface area contributed by atoms with Crippen molar-refractivity contribution in [2.75, 3.05) is 7.11 Å². The fourth-order valence-electron chi connectivity index (χ4n) is 3.75. The van der Waals surface area contributed by atoms with Gasteiger partial charge >= 0.3 is 0 Å². The molecule has 0 saturated heterocycles. The number of fused-ring (bicyclic) bond motifs is 1. The van der Waals surface area contributed by atoms with E-state index >= 15 is 0 Å². The SMILES string of the molecule is COc1ccc(CC(=O)NC(Cc2ccc3cc[nH]c3c2)C(=O)NCc2ccccc2)cc1. The Kier molecular flexibility index (Phi) is 7.05. The topological polar surface area (TPSA) is 83.2 Å². The van der Waals surface area contributed by atoms with Gasteiger partial charge in [-0.05, 0) is 46.3 Å². The Hall–Kier alpha value is -4.06. The molecular weight excluding hydrogens is 414 g/mol. The van der Waals surface area contributed by atoms with Gasteiger partial charge in [-0.2, -0.15) is 0 Å². The average Bonchev–Trinajstić information content (AvgIpc) is 3.31. The van der Waals surface area contributed by atoms with E-state index in [1.54, 1.807) is 7.11 Å². The molecule has 0 bridgehead atoms. The molecule has 0 fully saturated rings. The summed E-state index contributed by atoms with van der Waals surface area (Å²) in [6, 6.07) is 24.4. The Labute approximate surface area is 193 Å². The lowest BCUT2D eigenvalue weighted by molar-refractivity contribution is -0.128. The van der Waals surface area contributed by atoms with E-state index in [0.717, 1.165) is 33.3 Å². The third kappa shape index (κ3) is 6.01. The fraction of sp³-hybridized carbons (Fsp3) is 0.185. The second kappa shape index (κ2) is 10.5. The molecule has 0 saturated carbocycles. The van der Waals surface area contributed by atoms with E-state index in [1.807, 2.05) is 85.1 Å². The van der Waals surface area contributed by atoms with Crippen molar-refractivity contribution in [2.24, 2.45) is 0 Å². The molecule has 1 unspecified atom stereocenters. The van der Waals surface area contributed by atoms with Crippen LogP contribution in [0.25, 0.3) is 10.9 Å². The van der Waals surface area contributed by atoms with Gasteiger partial charge in [-0.3, -0.25) is 9.59 Å². The maximum absolute atomic E-state index is 13.1. The molecule has 4 rings (SSSR count). The van der Waals surface area contributed by atoms with Gasteiger partial charge in [0.05, 0.1) is 13.5 Å². The summed E-state index contributed by atoms with van der Waals surface area (Å²) in [7, 11) is 1.60. The molecule has 1 atom stereocenters. The van der Waals surface area contributed by atoms with Crippen LogP contribution in [-0.4, -0.2) is 29.9 Å². The highest BCUT2D eigenvalue weighted by atomic mass is 16.5. The minimum atomic E-state index is -0.688. The van der Waals surface area contributed by atoms with Crippen LogP contribution in [0.5, 0.6) is 5.75 Å². The van der Waals surface area contributed by atoms with E-state index in [9.17, 15) is 9.59 Å². The third-order valence-electron chi connectivity index (χ3n) is 5.54. The normalized spacial score (nSPS) is 11.7. The summed E-state index contributed by atoms with van der Waals surface area (Å²) >= 11 is 0. The van der Waals surface area contributed by atoms with Crippen LogP contribution in [0.1, 0.15) is 16.7 Å². The van der Waals surface area contributed by atoms with Gasteiger partial charge in [-0.25, -0.2) is 0 Å². The molecule has 0 aliphatic carbocycles. The second-order valence-electron chi connectivity index (χ2n) is 7.95. The van der Waals surface area contributed by atoms with Crippen LogP contribution in [0.15, 0.2) is 85.1 Å². The van der Waals surface area contributed by atoms with Crippen LogP contribution in [0.2, 0.25) is 0 Å². The molecule has 0 aliphatic rings. The number of aromatic amines is 1. The number of methoxy groups -OCH3 is 1. The lowest BCUT2D eigenvalue weighted by Crippen LogP contribution is -2.48. The van der Waals surface area contributed by atoms with Gasteiger partial charge in [-0.15, -0.1) is 0 Å². The van der Waals surface area contributed by atoms with Crippen LogP contribution >= 0.6 is 0 Å². The van der Waals surface area contributed by atoms with Crippen molar-refractivity contribution in [3.05, 3.63) is 102 Å². The molecule has 0 radical (unpaired) electrons. The molecule has 3 N–H and O–H groups in total. The number of nitrogens with one attached hydrogen (secondary N) is 3. The third-order valence-corrected chi connectivity index (χ3v) is 5.54. The molecule has 4 aromatic rings. The first-order valence-corrected chi connectivity index (χ1v) is 10.9. The highest BCUT2D eigenvalue weighted by molar-refractivity contribution is 5.89. The fourth-order valence-corrected chi connectivity index (χ4v) is 3.75. The zero-order chi connectivity index (χ0) is 23.0. The van der Waals surface area contributed by atoms with Crippen molar-refractivity contribution < 1.29 is 14.3 Å². The molecule has 1 aromatic heterocycles. The number of carbonyl (C=O) groups excluding carboxylic acids is 2. The van der Waals surface area contributed by atoms with Gasteiger partial charge in [0.25, 0.3) is 0 Å². The number of rotatable bonds is 9. The standard InChI is InChI=1S/C27H27N3O3/c1-33-23-11-8-19(9-12-23)17-26(31)30-25(27(32)29-18-20-5-3-2-4-6-20)16-21-7-10-22-13-14-28-24(22)15-21/h2-15,25,28H,16-18H2,1H3,(H,29,32)(H,30,31). The molecule has 2 amide bonds. The lowest BCUT2D eigenvalue weighted by atomic mass is 10.0. The number of hydrogen-bond donors (Lipinski definition) is 3. The largest absolute Gasteiger partial charge is 0.497 e. The van der Waals surface area contributed by atoms with Crippen LogP contribution in [0.4, 0.5) is 0 Å². The summed E-state index contributed by atoms with van der Waals surface area (Å²) in [5.41, 5.74) is 3.82. The zero-order valence-corrected chi connectivity index (χ0v) is 18.5. The van der Waals surface area contributed by atoms with E-state index in [0.29, 0.717) is 13.0 Å². The predicted octanol–water partition coefficient (Wildman–Crippen LogP) is 3.76. The van der Waals surface area contributed by atoms with Gasteiger partial charge < -0.3 is 20.4 Å². The Morgan fingerprint density at radius 2 is 1.67 bits per heavy atom. The molecule has 0 aliphatic heterocycles. The first-order valence-electron chi connectivity index (χ1n) is 10.9. The lowest BCUT2D eigenvalue weighted by Gasteiger charge is -2.19. The smallest absolute Gasteiger partial charge is 0.243 e. The number of ether oxygens (including phenoxy) is 1. The van der Waals surface area contributed by atoms with Gasteiger partial charge in [0.15, 0.2) is 0 Å². The highest BCUT2D eigenvalue weighted by Gasteiger charge is 2.21. The quantitative estimate of drug-likeness (QED) is 0.370. The first kappa shape index (κ1) is 22.1. The Balaban J connectivity index is 1.46. The Bertz CT molecular complexity index is 1220. The van der Waals surface area contributed by atoms with Crippen LogP contribution in [-0.2, 0) is 29.0 Å². The van der Waals surface area contributed by atoms with Crippen molar-refractivity contribution >= 4 is 22.7 Å². The summed E-state index contributed by atoms with van der Waals surface area (Å²) < 4.78 is 5.17. The maximum Gasteiger partial charge on any atom is 0.243 e. The van der Waals surface area contributed by atoms with E-state index < -0.39 is 6.04 Å². The molecule has 168 valence electrons. The van der Waals surface area contributed by atoms with Crippen LogP contribution in [0, 0.1) is 0 Å². The van der Waals surface area contributed by atoms with Crippen molar-refractivity contribution in [1.29, 1.82) is 0 Å². The van der Waals surface area contributed by atoms with Crippen molar-refractivity contribution in [3.63, 3.8) is 0 Å². The molecule has 0 spiro atoms. The van der Waals surface area contributed by atoms with Crippen molar-refractivity contribution in [3.8, 4) is 5.75 Å². The van der Waals surface area contributed by atoms with Crippen molar-refractivity contribution in [2.45, 2.75) is 25.4 Å². The molecule has 1 heterocycles. The minimum absolute atomic E-state index is 0.183. The molecular formula is C27H27N3O3. The van der Waals surface area contributed by atoms with Gasteiger partial charge in [0.2, 0.25) is 11.8 Å².